The summed E-state index contributed by atoms with van der Waals surface area (Å²) in [7, 11) is 0. The maximum absolute atomic E-state index is 12.1. The first-order valence-electron chi connectivity index (χ1n) is 5.68. The van der Waals surface area contributed by atoms with Gasteiger partial charge in [-0.25, -0.2) is 4.98 Å². The molecule has 0 saturated heterocycles. The van der Waals surface area contributed by atoms with Crippen molar-refractivity contribution in [1.82, 2.24) is 4.98 Å². The molecule has 2 aromatic rings. The number of benzene rings is 1. The lowest BCUT2D eigenvalue weighted by Gasteiger charge is -2.21. The molecule has 0 saturated carbocycles. The number of halogens is 1. The van der Waals surface area contributed by atoms with Crippen molar-refractivity contribution in [2.45, 2.75) is 18.8 Å². The molecule has 0 aliphatic heterocycles. The largest absolute Gasteiger partial charge is 0.375 e. The summed E-state index contributed by atoms with van der Waals surface area (Å²) in [5.41, 5.74) is 7.50. The van der Waals surface area contributed by atoms with Gasteiger partial charge in [-0.05, 0) is 24.0 Å². The molecule has 5 heteroatoms. The van der Waals surface area contributed by atoms with E-state index in [2.05, 4.69) is 4.98 Å². The second kappa shape index (κ2) is 4.37. The molecule has 1 atom stereocenters. The first-order chi connectivity index (χ1) is 8.65. The van der Waals surface area contributed by atoms with E-state index in [1.807, 2.05) is 24.3 Å². The van der Waals surface area contributed by atoms with Gasteiger partial charge < -0.3 is 5.73 Å². The molecule has 3 nitrogen and oxygen atoms in total. The third-order valence-electron chi connectivity index (χ3n) is 3.18. The topological polar surface area (TPSA) is 56.0 Å². The van der Waals surface area contributed by atoms with Gasteiger partial charge in [0.2, 0.25) is 0 Å². The van der Waals surface area contributed by atoms with Gasteiger partial charge in [0.15, 0.2) is 10.9 Å². The number of ketones is 1. The number of anilines is 1. The number of Topliss-reactive ketones (excluding diaryl/α,β-unsaturated/α-hetero) is 1. The summed E-state index contributed by atoms with van der Waals surface area (Å²) in [6.45, 7) is 0. The lowest BCUT2D eigenvalue weighted by molar-refractivity contribution is 0.0968. The van der Waals surface area contributed by atoms with Gasteiger partial charge >= 0.3 is 0 Å². The van der Waals surface area contributed by atoms with Crippen molar-refractivity contribution in [3.8, 4) is 0 Å². The van der Waals surface area contributed by atoms with Gasteiger partial charge in [0.25, 0.3) is 0 Å². The van der Waals surface area contributed by atoms with Crippen LogP contribution >= 0.6 is 22.9 Å². The molecule has 1 heterocycles. The molecular formula is C13H11ClN2OS. The molecule has 0 radical (unpaired) electrons. The molecule has 18 heavy (non-hydrogen) atoms. The molecule has 0 spiro atoms. The molecule has 1 unspecified atom stereocenters. The second-order valence-corrected chi connectivity index (χ2v) is 5.82. The molecule has 0 fully saturated rings. The van der Waals surface area contributed by atoms with Crippen LogP contribution in [0.15, 0.2) is 24.3 Å². The van der Waals surface area contributed by atoms with Crippen LogP contribution in [0.4, 0.5) is 5.13 Å². The monoisotopic (exact) mass is 278 g/mol. The Bertz CT molecular complexity index is 623. The Kier molecular flexibility index (Phi) is 2.84. The van der Waals surface area contributed by atoms with E-state index in [9.17, 15) is 4.79 Å². The number of nitrogen functional groups attached to an aromatic ring is 1. The average molecular weight is 279 g/mol. The number of rotatable bonds is 1. The van der Waals surface area contributed by atoms with E-state index in [4.69, 9.17) is 17.3 Å². The molecular weight excluding hydrogens is 268 g/mol. The van der Waals surface area contributed by atoms with Crippen LogP contribution in [-0.2, 0) is 6.42 Å². The quantitative estimate of drug-likeness (QED) is 0.871. The van der Waals surface area contributed by atoms with E-state index in [0.717, 1.165) is 22.6 Å². The van der Waals surface area contributed by atoms with Gasteiger partial charge in [-0.2, -0.15) is 0 Å². The SMILES string of the molecule is Nc1nc2c(s1)C(=O)CC(c1ccccc1Cl)C2. The van der Waals surface area contributed by atoms with Gasteiger partial charge in [-0.3, -0.25) is 4.79 Å². The highest BCUT2D eigenvalue weighted by molar-refractivity contribution is 7.17. The van der Waals surface area contributed by atoms with E-state index in [1.165, 1.54) is 11.3 Å². The van der Waals surface area contributed by atoms with Crippen molar-refractivity contribution >= 4 is 33.9 Å². The molecule has 92 valence electrons. The fourth-order valence-corrected chi connectivity index (χ4v) is 3.47. The van der Waals surface area contributed by atoms with E-state index in [-0.39, 0.29) is 11.7 Å². The Morgan fingerprint density at radius 1 is 1.33 bits per heavy atom. The lowest BCUT2D eigenvalue weighted by atomic mass is 9.84. The van der Waals surface area contributed by atoms with Crippen LogP contribution in [-0.4, -0.2) is 10.8 Å². The third kappa shape index (κ3) is 1.91. The van der Waals surface area contributed by atoms with Crippen LogP contribution < -0.4 is 5.73 Å². The summed E-state index contributed by atoms with van der Waals surface area (Å²) >= 11 is 7.47. The molecule has 0 amide bonds. The summed E-state index contributed by atoms with van der Waals surface area (Å²) in [5.74, 6) is 0.232. The minimum absolute atomic E-state index is 0.111. The number of aromatic nitrogens is 1. The van der Waals surface area contributed by atoms with Crippen molar-refractivity contribution in [3.05, 3.63) is 45.4 Å². The first kappa shape index (κ1) is 11.7. The fourth-order valence-electron chi connectivity index (χ4n) is 2.37. The maximum Gasteiger partial charge on any atom is 0.180 e. The number of carbonyl (C=O) groups is 1. The molecule has 2 N–H and O–H groups in total. The zero-order valence-corrected chi connectivity index (χ0v) is 11.1. The number of fused-ring (bicyclic) bond motifs is 1. The van der Waals surface area contributed by atoms with Crippen molar-refractivity contribution in [2.24, 2.45) is 0 Å². The Labute approximate surface area is 114 Å². The third-order valence-corrected chi connectivity index (χ3v) is 4.50. The van der Waals surface area contributed by atoms with Crippen LogP contribution in [0.2, 0.25) is 5.02 Å². The van der Waals surface area contributed by atoms with Gasteiger partial charge in [-0.1, -0.05) is 41.1 Å². The lowest BCUT2D eigenvalue weighted by Crippen LogP contribution is -2.17. The van der Waals surface area contributed by atoms with Crippen LogP contribution in [0, 0.1) is 0 Å². The number of thiazole rings is 1. The molecule has 3 rings (SSSR count). The number of carbonyl (C=O) groups excluding carboxylic acids is 1. The highest BCUT2D eigenvalue weighted by Crippen LogP contribution is 2.37. The van der Waals surface area contributed by atoms with Crippen molar-refractivity contribution < 1.29 is 4.79 Å². The predicted molar refractivity (Wildman–Crippen MR) is 73.4 cm³/mol. The van der Waals surface area contributed by atoms with Gasteiger partial charge in [0, 0.05) is 11.4 Å². The number of hydrogen-bond acceptors (Lipinski definition) is 4. The van der Waals surface area contributed by atoms with E-state index < -0.39 is 0 Å². The number of nitrogens with zero attached hydrogens (tertiary/aromatic N) is 1. The Morgan fingerprint density at radius 2 is 2.11 bits per heavy atom. The Balaban J connectivity index is 1.99. The summed E-state index contributed by atoms with van der Waals surface area (Å²) in [6, 6.07) is 7.66. The van der Waals surface area contributed by atoms with Gasteiger partial charge in [0.1, 0.15) is 0 Å². The normalized spacial score (nSPS) is 18.7. The van der Waals surface area contributed by atoms with Crippen molar-refractivity contribution in [1.29, 1.82) is 0 Å². The van der Waals surface area contributed by atoms with Crippen molar-refractivity contribution in [2.75, 3.05) is 5.73 Å². The minimum Gasteiger partial charge on any atom is -0.375 e. The van der Waals surface area contributed by atoms with Gasteiger partial charge in [0.05, 0.1) is 10.6 Å². The molecule has 1 aliphatic carbocycles. The molecule has 1 aromatic carbocycles. The number of nitrogens with two attached hydrogens (primary N) is 1. The van der Waals surface area contributed by atoms with Crippen molar-refractivity contribution in [3.63, 3.8) is 0 Å². The van der Waals surface area contributed by atoms with Crippen LogP contribution in [0.25, 0.3) is 0 Å². The second-order valence-electron chi connectivity index (χ2n) is 4.38. The fraction of sp³-hybridized carbons (Fsp3) is 0.231. The smallest absolute Gasteiger partial charge is 0.180 e. The zero-order chi connectivity index (χ0) is 12.7. The highest BCUT2D eigenvalue weighted by atomic mass is 35.5. The standard InChI is InChI=1S/C13H11ClN2OS/c14-9-4-2-1-3-8(9)7-5-10-12(11(17)6-7)18-13(15)16-10/h1-4,7H,5-6H2,(H2,15,16). The van der Waals surface area contributed by atoms with Crippen LogP contribution in [0.3, 0.4) is 0 Å². The van der Waals surface area contributed by atoms with Crippen LogP contribution in [0.5, 0.6) is 0 Å². The predicted octanol–water partition coefficient (Wildman–Crippen LogP) is 3.29. The summed E-state index contributed by atoms with van der Waals surface area (Å²) in [5, 5.41) is 1.18. The summed E-state index contributed by atoms with van der Waals surface area (Å²) < 4.78 is 0. The van der Waals surface area contributed by atoms with E-state index in [1.54, 1.807) is 0 Å². The zero-order valence-electron chi connectivity index (χ0n) is 9.52. The molecule has 1 aromatic heterocycles. The highest BCUT2D eigenvalue weighted by Gasteiger charge is 2.30. The van der Waals surface area contributed by atoms with E-state index >= 15 is 0 Å². The first-order valence-corrected chi connectivity index (χ1v) is 6.87. The molecule has 1 aliphatic rings. The Morgan fingerprint density at radius 3 is 2.89 bits per heavy atom. The Hall–Kier alpha value is -1.39. The average Bonchev–Trinajstić information content (AvgIpc) is 2.71. The summed E-state index contributed by atoms with van der Waals surface area (Å²) in [6.07, 6.45) is 1.22. The van der Waals surface area contributed by atoms with Gasteiger partial charge in [-0.15, -0.1) is 0 Å². The maximum atomic E-state index is 12.1. The van der Waals surface area contributed by atoms with Crippen LogP contribution in [0.1, 0.15) is 33.3 Å². The van der Waals surface area contributed by atoms with E-state index in [0.29, 0.717) is 16.6 Å². The minimum atomic E-state index is 0.111. The summed E-state index contributed by atoms with van der Waals surface area (Å²) in [4.78, 5) is 17.0. The number of hydrogen-bond donors (Lipinski definition) is 1. The molecule has 0 bridgehead atoms.